The highest BCUT2D eigenvalue weighted by Gasteiger charge is 2.41. The minimum absolute atomic E-state index is 0.00595. The van der Waals surface area contributed by atoms with Crippen LogP contribution in [0.15, 0.2) is 30.3 Å². The highest BCUT2D eigenvalue weighted by atomic mass is 16.3. The van der Waals surface area contributed by atoms with Crippen LogP contribution in [0.25, 0.3) is 0 Å². The normalized spacial score (nSPS) is 24.8. The number of benzene rings is 1. The molecular formula is C22H34N4O3. The molecule has 0 aromatic heterocycles. The maximum Gasteiger partial charge on any atom is 0.245 e. The van der Waals surface area contributed by atoms with E-state index in [0.29, 0.717) is 13.0 Å². The van der Waals surface area contributed by atoms with Crippen LogP contribution in [0.4, 0.5) is 0 Å². The zero-order chi connectivity index (χ0) is 21.0. The van der Waals surface area contributed by atoms with Gasteiger partial charge in [0.05, 0.1) is 12.1 Å². The molecule has 0 saturated carbocycles. The molecule has 0 aliphatic carbocycles. The largest absolute Gasteiger partial charge is 0.377 e. The smallest absolute Gasteiger partial charge is 0.245 e. The SMILES string of the molecule is C[C@H](NC(=O)C(C)(C)NC(=O)C1CCCN1C(O)C1CCCN1)c1ccccc1. The Balaban J connectivity index is 1.59. The van der Waals surface area contributed by atoms with Gasteiger partial charge in [0.2, 0.25) is 11.8 Å². The molecule has 2 fully saturated rings. The van der Waals surface area contributed by atoms with Crippen molar-refractivity contribution in [3.8, 4) is 0 Å². The Kier molecular flexibility index (Phi) is 6.93. The second-order valence-corrected chi connectivity index (χ2v) is 8.73. The van der Waals surface area contributed by atoms with Gasteiger partial charge in [0, 0.05) is 12.6 Å². The fourth-order valence-corrected chi connectivity index (χ4v) is 4.23. The number of carbonyl (C=O) groups is 2. The molecule has 7 nitrogen and oxygen atoms in total. The molecule has 29 heavy (non-hydrogen) atoms. The zero-order valence-electron chi connectivity index (χ0n) is 17.6. The standard InChI is InChI=1S/C22H34N4O3/c1-15(16-9-5-4-6-10-16)24-21(29)22(2,3)25-19(27)18-12-8-14-26(18)20(28)17-11-7-13-23-17/h4-6,9-10,15,17-18,20,23,28H,7-8,11-14H2,1-3H3,(H,24,29)(H,25,27)/t15-,17?,18?,20?/m0/s1. The summed E-state index contributed by atoms with van der Waals surface area (Å²) in [5.41, 5.74) is -0.0394. The molecule has 2 amide bonds. The summed E-state index contributed by atoms with van der Waals surface area (Å²) in [5, 5.41) is 19.9. The van der Waals surface area contributed by atoms with Crippen molar-refractivity contribution in [2.45, 2.75) is 76.3 Å². The quantitative estimate of drug-likeness (QED) is 0.552. The van der Waals surface area contributed by atoms with Gasteiger partial charge in [-0.1, -0.05) is 30.3 Å². The molecule has 3 unspecified atom stereocenters. The van der Waals surface area contributed by atoms with Gasteiger partial charge in [0.1, 0.15) is 11.8 Å². The van der Waals surface area contributed by atoms with E-state index in [4.69, 9.17) is 0 Å². The van der Waals surface area contributed by atoms with Crippen LogP contribution < -0.4 is 16.0 Å². The highest BCUT2D eigenvalue weighted by molar-refractivity contribution is 5.92. The number of amides is 2. The molecule has 0 bridgehead atoms. The van der Waals surface area contributed by atoms with Gasteiger partial charge >= 0.3 is 0 Å². The summed E-state index contributed by atoms with van der Waals surface area (Å²) >= 11 is 0. The van der Waals surface area contributed by atoms with Crippen molar-refractivity contribution in [2.24, 2.45) is 0 Å². The first-order chi connectivity index (χ1) is 13.8. The van der Waals surface area contributed by atoms with Gasteiger partial charge < -0.3 is 21.1 Å². The van der Waals surface area contributed by atoms with Crippen molar-refractivity contribution >= 4 is 11.8 Å². The summed E-state index contributed by atoms with van der Waals surface area (Å²) in [6.07, 6.45) is 2.83. The molecule has 2 saturated heterocycles. The number of hydrogen-bond donors (Lipinski definition) is 4. The minimum Gasteiger partial charge on any atom is -0.377 e. The Morgan fingerprint density at radius 1 is 1.21 bits per heavy atom. The van der Waals surface area contributed by atoms with Gasteiger partial charge in [0.15, 0.2) is 0 Å². The fraction of sp³-hybridized carbons (Fsp3) is 0.636. The van der Waals surface area contributed by atoms with Crippen LogP contribution in [0.1, 0.15) is 58.1 Å². The molecule has 1 aromatic rings. The Morgan fingerprint density at radius 2 is 1.93 bits per heavy atom. The van der Waals surface area contributed by atoms with E-state index in [2.05, 4.69) is 16.0 Å². The van der Waals surface area contributed by atoms with Gasteiger partial charge in [-0.3, -0.25) is 14.5 Å². The maximum atomic E-state index is 13.0. The van der Waals surface area contributed by atoms with E-state index in [-0.39, 0.29) is 23.9 Å². The zero-order valence-corrected chi connectivity index (χ0v) is 17.6. The number of rotatable bonds is 7. The van der Waals surface area contributed by atoms with E-state index >= 15 is 0 Å². The van der Waals surface area contributed by atoms with E-state index in [1.165, 1.54) is 0 Å². The van der Waals surface area contributed by atoms with Crippen molar-refractivity contribution in [1.29, 1.82) is 0 Å². The number of nitrogens with zero attached hydrogens (tertiary/aromatic N) is 1. The molecule has 4 N–H and O–H groups in total. The average Bonchev–Trinajstić information content (AvgIpc) is 3.39. The number of aliphatic hydroxyl groups excluding tert-OH is 1. The molecule has 3 rings (SSSR count). The lowest BCUT2D eigenvalue weighted by molar-refractivity contribution is -0.137. The molecule has 0 spiro atoms. The molecular weight excluding hydrogens is 368 g/mol. The monoisotopic (exact) mass is 402 g/mol. The summed E-state index contributed by atoms with van der Waals surface area (Å²) < 4.78 is 0. The summed E-state index contributed by atoms with van der Waals surface area (Å²) in [5.74, 6) is -0.434. The maximum absolute atomic E-state index is 13.0. The number of likely N-dealkylation sites (tertiary alicyclic amines) is 1. The van der Waals surface area contributed by atoms with Gasteiger partial charge in [0.25, 0.3) is 0 Å². The van der Waals surface area contributed by atoms with Gasteiger partial charge in [-0.25, -0.2) is 0 Å². The number of nitrogens with one attached hydrogen (secondary N) is 3. The van der Waals surface area contributed by atoms with Gasteiger partial charge in [-0.15, -0.1) is 0 Å². The topological polar surface area (TPSA) is 93.7 Å². The third kappa shape index (κ3) is 5.15. The molecule has 4 atom stereocenters. The van der Waals surface area contributed by atoms with Crippen molar-refractivity contribution in [1.82, 2.24) is 20.9 Å². The molecule has 0 radical (unpaired) electrons. The van der Waals surface area contributed by atoms with Crippen LogP contribution in [0.5, 0.6) is 0 Å². The predicted molar refractivity (Wildman–Crippen MR) is 112 cm³/mol. The molecule has 2 aliphatic heterocycles. The first kappa shape index (κ1) is 21.7. The van der Waals surface area contributed by atoms with E-state index < -0.39 is 17.8 Å². The van der Waals surface area contributed by atoms with Gasteiger partial charge in [-0.2, -0.15) is 0 Å². The van der Waals surface area contributed by atoms with E-state index in [0.717, 1.165) is 31.4 Å². The molecule has 160 valence electrons. The lowest BCUT2D eigenvalue weighted by Crippen LogP contribution is -2.60. The van der Waals surface area contributed by atoms with Crippen molar-refractivity contribution in [2.75, 3.05) is 13.1 Å². The van der Waals surface area contributed by atoms with Crippen LogP contribution in [0.2, 0.25) is 0 Å². The number of aliphatic hydroxyl groups is 1. The van der Waals surface area contributed by atoms with Crippen LogP contribution in [0, 0.1) is 0 Å². The Bertz CT molecular complexity index is 703. The first-order valence-electron chi connectivity index (χ1n) is 10.6. The summed E-state index contributed by atoms with van der Waals surface area (Å²) in [7, 11) is 0. The summed E-state index contributed by atoms with van der Waals surface area (Å²) in [4.78, 5) is 27.7. The van der Waals surface area contributed by atoms with Crippen molar-refractivity contribution in [3.63, 3.8) is 0 Å². The van der Waals surface area contributed by atoms with Crippen LogP contribution in [-0.4, -0.2) is 58.8 Å². The summed E-state index contributed by atoms with van der Waals surface area (Å²) in [6.45, 7) is 6.95. The first-order valence-corrected chi connectivity index (χ1v) is 10.6. The predicted octanol–water partition coefficient (Wildman–Crippen LogP) is 1.29. The minimum atomic E-state index is -1.05. The average molecular weight is 403 g/mol. The third-order valence-corrected chi connectivity index (χ3v) is 6.05. The Morgan fingerprint density at radius 3 is 2.59 bits per heavy atom. The van der Waals surface area contributed by atoms with E-state index in [1.54, 1.807) is 13.8 Å². The Hall–Kier alpha value is -1.96. The van der Waals surface area contributed by atoms with Gasteiger partial charge in [-0.05, 0) is 58.6 Å². The third-order valence-electron chi connectivity index (χ3n) is 6.05. The summed E-state index contributed by atoms with van der Waals surface area (Å²) in [6, 6.07) is 9.17. The lowest BCUT2D eigenvalue weighted by atomic mass is 10.0. The fourth-order valence-electron chi connectivity index (χ4n) is 4.23. The molecule has 2 aliphatic rings. The van der Waals surface area contributed by atoms with Crippen molar-refractivity contribution < 1.29 is 14.7 Å². The van der Waals surface area contributed by atoms with Crippen molar-refractivity contribution in [3.05, 3.63) is 35.9 Å². The van der Waals surface area contributed by atoms with Crippen LogP contribution >= 0.6 is 0 Å². The second-order valence-electron chi connectivity index (χ2n) is 8.73. The van der Waals surface area contributed by atoms with Crippen LogP contribution in [-0.2, 0) is 9.59 Å². The second kappa shape index (κ2) is 9.24. The van der Waals surface area contributed by atoms with E-state index in [1.807, 2.05) is 42.2 Å². The highest BCUT2D eigenvalue weighted by Crippen LogP contribution is 2.24. The lowest BCUT2D eigenvalue weighted by Gasteiger charge is -2.34. The number of hydrogen-bond acceptors (Lipinski definition) is 5. The molecule has 1 aromatic carbocycles. The number of carbonyl (C=O) groups excluding carboxylic acids is 2. The van der Waals surface area contributed by atoms with E-state index in [9.17, 15) is 14.7 Å². The molecule has 2 heterocycles. The van der Waals surface area contributed by atoms with Crippen LogP contribution in [0.3, 0.4) is 0 Å². The molecule has 7 heteroatoms. The Labute approximate surface area is 173 Å².